The number of guanidine groups is 1. The van der Waals surface area contributed by atoms with Crippen LogP contribution in [0.3, 0.4) is 0 Å². The van der Waals surface area contributed by atoms with Crippen LogP contribution in [0.2, 0.25) is 5.02 Å². The van der Waals surface area contributed by atoms with Crippen LogP contribution in [0.5, 0.6) is 0 Å². The summed E-state index contributed by atoms with van der Waals surface area (Å²) in [4.78, 5) is 9.22. The standard InChI is InChI=1S/C18H30ClN5.HI/c1-15(24-12-10-23(3)11-13-24)14-22-18(20-2)21-9-8-16-6-4-5-7-17(16)19;/h4-7,15H,8-14H2,1-3H3,(H2,20,21,22);1H. The van der Waals surface area contributed by atoms with Crippen molar-refractivity contribution in [1.82, 2.24) is 20.4 Å². The van der Waals surface area contributed by atoms with Crippen LogP contribution in [0.15, 0.2) is 29.3 Å². The number of piperazine rings is 1. The highest BCUT2D eigenvalue weighted by Crippen LogP contribution is 2.14. The molecule has 0 spiro atoms. The van der Waals surface area contributed by atoms with Gasteiger partial charge in [-0.15, -0.1) is 24.0 Å². The molecule has 0 aromatic heterocycles. The lowest BCUT2D eigenvalue weighted by atomic mass is 10.1. The van der Waals surface area contributed by atoms with Crippen LogP contribution < -0.4 is 10.6 Å². The van der Waals surface area contributed by atoms with Crippen molar-refractivity contribution in [2.24, 2.45) is 4.99 Å². The van der Waals surface area contributed by atoms with Gasteiger partial charge >= 0.3 is 0 Å². The summed E-state index contributed by atoms with van der Waals surface area (Å²) in [6, 6.07) is 8.48. The van der Waals surface area contributed by atoms with Gasteiger partial charge in [-0.05, 0) is 32.0 Å². The molecule has 1 aromatic rings. The first-order valence-corrected chi connectivity index (χ1v) is 9.08. The summed E-state index contributed by atoms with van der Waals surface area (Å²) in [6.07, 6.45) is 0.883. The Labute approximate surface area is 174 Å². The molecule has 142 valence electrons. The van der Waals surface area contributed by atoms with Crippen LogP contribution in [0, 0.1) is 0 Å². The maximum absolute atomic E-state index is 6.19. The highest BCUT2D eigenvalue weighted by molar-refractivity contribution is 14.0. The summed E-state index contributed by atoms with van der Waals surface area (Å²) in [7, 11) is 4.00. The Kier molecular flexibility index (Phi) is 10.7. The van der Waals surface area contributed by atoms with E-state index in [0.717, 1.165) is 62.2 Å². The molecule has 25 heavy (non-hydrogen) atoms. The molecular weight excluding hydrogens is 449 g/mol. The van der Waals surface area contributed by atoms with E-state index in [-0.39, 0.29) is 24.0 Å². The van der Waals surface area contributed by atoms with E-state index in [1.54, 1.807) is 0 Å². The molecule has 1 fully saturated rings. The van der Waals surface area contributed by atoms with Crippen LogP contribution >= 0.6 is 35.6 Å². The predicted octanol–water partition coefficient (Wildman–Crippen LogP) is 2.30. The first-order chi connectivity index (χ1) is 11.6. The minimum absolute atomic E-state index is 0. The number of hydrogen-bond donors (Lipinski definition) is 2. The molecule has 2 rings (SSSR count). The number of benzene rings is 1. The highest BCUT2D eigenvalue weighted by atomic mass is 127. The Balaban J connectivity index is 0.00000312. The van der Waals surface area contributed by atoms with E-state index in [9.17, 15) is 0 Å². The zero-order chi connectivity index (χ0) is 17.4. The van der Waals surface area contributed by atoms with Crippen LogP contribution in [-0.2, 0) is 6.42 Å². The van der Waals surface area contributed by atoms with Gasteiger partial charge < -0.3 is 15.5 Å². The molecule has 0 amide bonds. The first kappa shape index (κ1) is 22.5. The topological polar surface area (TPSA) is 42.9 Å². The summed E-state index contributed by atoms with van der Waals surface area (Å²) >= 11 is 6.19. The summed E-state index contributed by atoms with van der Waals surface area (Å²) in [5.74, 6) is 0.850. The Morgan fingerprint density at radius 1 is 1.20 bits per heavy atom. The van der Waals surface area contributed by atoms with Gasteiger partial charge in [-0.3, -0.25) is 9.89 Å². The minimum atomic E-state index is 0. The molecule has 1 unspecified atom stereocenters. The van der Waals surface area contributed by atoms with E-state index >= 15 is 0 Å². The van der Waals surface area contributed by atoms with Crippen LogP contribution in [0.25, 0.3) is 0 Å². The summed E-state index contributed by atoms with van der Waals surface area (Å²) < 4.78 is 0. The van der Waals surface area contributed by atoms with E-state index in [4.69, 9.17) is 11.6 Å². The summed E-state index contributed by atoms with van der Waals surface area (Å²) in [5, 5.41) is 7.62. The molecule has 1 aliphatic rings. The third-order valence-corrected chi connectivity index (χ3v) is 4.96. The van der Waals surface area contributed by atoms with Crippen molar-refractivity contribution in [1.29, 1.82) is 0 Å². The normalized spacial score (nSPS) is 17.7. The second-order valence-corrected chi connectivity index (χ2v) is 6.82. The molecule has 0 aliphatic carbocycles. The van der Waals surface area contributed by atoms with Crippen molar-refractivity contribution in [3.05, 3.63) is 34.9 Å². The SMILES string of the molecule is CN=C(NCCc1ccccc1Cl)NCC(C)N1CCN(C)CC1.I. The second-order valence-electron chi connectivity index (χ2n) is 6.41. The highest BCUT2D eigenvalue weighted by Gasteiger charge is 2.18. The van der Waals surface area contributed by atoms with Crippen LogP contribution in [-0.4, -0.2) is 75.2 Å². The predicted molar refractivity (Wildman–Crippen MR) is 118 cm³/mol. The van der Waals surface area contributed by atoms with Gasteiger partial charge in [0.2, 0.25) is 0 Å². The van der Waals surface area contributed by atoms with Gasteiger partial charge in [-0.2, -0.15) is 0 Å². The maximum atomic E-state index is 6.19. The third kappa shape index (κ3) is 7.68. The van der Waals surface area contributed by atoms with Gasteiger partial charge in [-0.25, -0.2) is 0 Å². The minimum Gasteiger partial charge on any atom is -0.356 e. The number of likely N-dealkylation sites (N-methyl/N-ethyl adjacent to an activating group) is 1. The van der Waals surface area contributed by atoms with Gasteiger partial charge in [0.15, 0.2) is 5.96 Å². The van der Waals surface area contributed by atoms with Crippen molar-refractivity contribution in [2.45, 2.75) is 19.4 Å². The molecule has 5 nitrogen and oxygen atoms in total. The molecule has 1 heterocycles. The molecule has 1 saturated heterocycles. The Morgan fingerprint density at radius 3 is 2.52 bits per heavy atom. The lowest BCUT2D eigenvalue weighted by Crippen LogP contribution is -2.52. The zero-order valence-corrected chi connectivity index (χ0v) is 18.6. The number of nitrogens with zero attached hydrogens (tertiary/aromatic N) is 3. The van der Waals surface area contributed by atoms with Crippen molar-refractivity contribution in [2.75, 3.05) is 53.4 Å². The van der Waals surface area contributed by atoms with Gasteiger partial charge in [-0.1, -0.05) is 29.8 Å². The van der Waals surface area contributed by atoms with Crippen molar-refractivity contribution in [3.8, 4) is 0 Å². The van der Waals surface area contributed by atoms with E-state index < -0.39 is 0 Å². The van der Waals surface area contributed by atoms with E-state index in [2.05, 4.69) is 45.5 Å². The number of rotatable bonds is 6. The van der Waals surface area contributed by atoms with Crippen molar-refractivity contribution < 1.29 is 0 Å². The molecule has 0 saturated carbocycles. The fourth-order valence-corrected chi connectivity index (χ4v) is 3.10. The number of hydrogen-bond acceptors (Lipinski definition) is 3. The lowest BCUT2D eigenvalue weighted by molar-refractivity contribution is 0.120. The molecule has 2 N–H and O–H groups in total. The molecular formula is C18H31ClIN5. The second kappa shape index (κ2) is 11.9. The van der Waals surface area contributed by atoms with Gasteiger partial charge in [0.25, 0.3) is 0 Å². The molecule has 1 aliphatic heterocycles. The molecule has 7 heteroatoms. The van der Waals surface area contributed by atoms with Crippen LogP contribution in [0.1, 0.15) is 12.5 Å². The van der Waals surface area contributed by atoms with Gasteiger partial charge in [0.1, 0.15) is 0 Å². The smallest absolute Gasteiger partial charge is 0.191 e. The van der Waals surface area contributed by atoms with Crippen LogP contribution in [0.4, 0.5) is 0 Å². The van der Waals surface area contributed by atoms with Crippen molar-refractivity contribution >= 4 is 41.5 Å². The maximum Gasteiger partial charge on any atom is 0.191 e. The fraction of sp³-hybridized carbons (Fsp3) is 0.611. The summed E-state index contributed by atoms with van der Waals surface area (Å²) in [6.45, 7) is 8.55. The Bertz CT molecular complexity index is 532. The molecule has 1 aromatic carbocycles. The molecule has 1 atom stereocenters. The monoisotopic (exact) mass is 479 g/mol. The number of nitrogens with one attached hydrogen (secondary N) is 2. The summed E-state index contributed by atoms with van der Waals surface area (Å²) in [5.41, 5.74) is 1.16. The Morgan fingerprint density at radius 2 is 1.88 bits per heavy atom. The molecule has 0 radical (unpaired) electrons. The van der Waals surface area contributed by atoms with E-state index in [1.165, 1.54) is 0 Å². The van der Waals surface area contributed by atoms with Gasteiger partial charge in [0, 0.05) is 57.4 Å². The average molecular weight is 480 g/mol. The largest absolute Gasteiger partial charge is 0.356 e. The quantitative estimate of drug-likeness (QED) is 0.373. The third-order valence-electron chi connectivity index (χ3n) is 4.59. The molecule has 0 bridgehead atoms. The van der Waals surface area contributed by atoms with E-state index in [1.807, 2.05) is 25.2 Å². The fourth-order valence-electron chi connectivity index (χ4n) is 2.87. The lowest BCUT2D eigenvalue weighted by Gasteiger charge is -2.36. The number of aliphatic imine (C=N–C) groups is 1. The first-order valence-electron chi connectivity index (χ1n) is 8.70. The van der Waals surface area contributed by atoms with Gasteiger partial charge in [0.05, 0.1) is 0 Å². The van der Waals surface area contributed by atoms with Crippen molar-refractivity contribution in [3.63, 3.8) is 0 Å². The average Bonchev–Trinajstić information content (AvgIpc) is 2.59. The zero-order valence-electron chi connectivity index (χ0n) is 15.5. The van der Waals surface area contributed by atoms with E-state index in [0.29, 0.717) is 6.04 Å². The Hall–Kier alpha value is -0.570. The number of halogens is 2.